The summed E-state index contributed by atoms with van der Waals surface area (Å²) in [5.74, 6) is -2.45. The fourth-order valence-corrected chi connectivity index (χ4v) is 1.84. The van der Waals surface area contributed by atoms with E-state index < -0.39 is 29.9 Å². The highest BCUT2D eigenvalue weighted by atomic mass is 16.4. The van der Waals surface area contributed by atoms with Crippen LogP contribution in [0.15, 0.2) is 12.5 Å². The number of imide groups is 1. The lowest BCUT2D eigenvalue weighted by atomic mass is 10.1. The summed E-state index contributed by atoms with van der Waals surface area (Å²) in [4.78, 5) is 52.9. The zero-order valence-electron chi connectivity index (χ0n) is 10.8. The number of aliphatic carboxylic acids is 1. The van der Waals surface area contributed by atoms with Crippen LogP contribution in [0.2, 0.25) is 0 Å². The third kappa shape index (κ3) is 3.78. The molecule has 0 saturated carbocycles. The summed E-state index contributed by atoms with van der Waals surface area (Å²) >= 11 is 0. The minimum atomic E-state index is -1.23. The Labute approximate surface area is 118 Å². The summed E-state index contributed by atoms with van der Waals surface area (Å²) in [7, 11) is 0. The van der Waals surface area contributed by atoms with E-state index in [0.717, 1.165) is 4.90 Å². The molecule has 0 aromatic carbocycles. The first-order chi connectivity index (χ1) is 9.95. The molecule has 1 saturated heterocycles. The molecule has 0 spiro atoms. The van der Waals surface area contributed by atoms with Crippen LogP contribution in [0, 0.1) is 0 Å². The van der Waals surface area contributed by atoms with E-state index in [1.807, 2.05) is 5.32 Å². The SMILES string of the molecule is O=C1CN(C(=O)NC(Cc2cnc[nH]2)C(=O)O)CC(=O)N1. The number of carbonyl (C=O) groups is 4. The van der Waals surface area contributed by atoms with Gasteiger partial charge in [0.1, 0.15) is 19.1 Å². The number of H-pyrrole nitrogens is 1. The average Bonchev–Trinajstić information content (AvgIpc) is 2.89. The van der Waals surface area contributed by atoms with Crippen molar-refractivity contribution in [3.05, 3.63) is 18.2 Å². The van der Waals surface area contributed by atoms with Gasteiger partial charge >= 0.3 is 12.0 Å². The molecule has 1 aromatic rings. The minimum absolute atomic E-state index is 0.00898. The van der Waals surface area contributed by atoms with E-state index in [0.29, 0.717) is 5.69 Å². The van der Waals surface area contributed by atoms with E-state index in [-0.39, 0.29) is 19.5 Å². The van der Waals surface area contributed by atoms with Gasteiger partial charge in [-0.05, 0) is 0 Å². The molecule has 0 radical (unpaired) electrons. The first-order valence-corrected chi connectivity index (χ1v) is 6.04. The lowest BCUT2D eigenvalue weighted by Gasteiger charge is -2.27. The Morgan fingerprint density at radius 3 is 2.57 bits per heavy atom. The molecule has 21 heavy (non-hydrogen) atoms. The fraction of sp³-hybridized carbons (Fsp3) is 0.364. The maximum Gasteiger partial charge on any atom is 0.326 e. The van der Waals surface area contributed by atoms with Crippen LogP contribution < -0.4 is 10.6 Å². The van der Waals surface area contributed by atoms with E-state index in [1.54, 1.807) is 0 Å². The van der Waals surface area contributed by atoms with Crippen molar-refractivity contribution in [3.8, 4) is 0 Å². The van der Waals surface area contributed by atoms with Crippen LogP contribution in [-0.4, -0.2) is 62.9 Å². The average molecular weight is 295 g/mol. The second-order valence-electron chi connectivity index (χ2n) is 4.45. The number of imidazole rings is 1. The minimum Gasteiger partial charge on any atom is -0.480 e. The molecule has 2 rings (SSSR count). The molecular formula is C11H13N5O5. The molecular weight excluding hydrogens is 282 g/mol. The molecule has 4 amide bonds. The summed E-state index contributed by atoms with van der Waals surface area (Å²) in [5, 5.41) is 13.4. The third-order valence-corrected chi connectivity index (χ3v) is 2.81. The Kier molecular flexibility index (Phi) is 4.16. The number of urea groups is 1. The van der Waals surface area contributed by atoms with Crippen LogP contribution in [0.5, 0.6) is 0 Å². The van der Waals surface area contributed by atoms with E-state index in [1.165, 1.54) is 12.5 Å². The number of piperazine rings is 1. The number of hydrogen-bond donors (Lipinski definition) is 4. The summed E-state index contributed by atoms with van der Waals surface area (Å²) in [6.45, 7) is -0.595. The quantitative estimate of drug-likeness (QED) is 0.476. The summed E-state index contributed by atoms with van der Waals surface area (Å²) < 4.78 is 0. The Morgan fingerprint density at radius 1 is 1.38 bits per heavy atom. The maximum absolute atomic E-state index is 11.9. The Hall–Kier alpha value is -2.91. The molecule has 1 fully saturated rings. The molecule has 1 unspecified atom stereocenters. The number of rotatable bonds is 4. The Morgan fingerprint density at radius 2 is 2.05 bits per heavy atom. The van der Waals surface area contributed by atoms with Gasteiger partial charge in [-0.3, -0.25) is 14.9 Å². The highest BCUT2D eigenvalue weighted by Gasteiger charge is 2.29. The number of carbonyl (C=O) groups excluding carboxylic acids is 3. The van der Waals surface area contributed by atoms with Gasteiger partial charge in [0, 0.05) is 18.3 Å². The molecule has 1 atom stereocenters. The van der Waals surface area contributed by atoms with Crippen molar-refractivity contribution >= 4 is 23.8 Å². The van der Waals surface area contributed by atoms with Crippen LogP contribution in [0.1, 0.15) is 5.69 Å². The summed E-state index contributed by atoms with van der Waals surface area (Å²) in [6, 6.07) is -1.98. The van der Waals surface area contributed by atoms with Gasteiger partial charge in [0.15, 0.2) is 0 Å². The Balaban J connectivity index is 1.99. The number of carboxylic acids is 1. The van der Waals surface area contributed by atoms with E-state index in [2.05, 4.69) is 15.3 Å². The van der Waals surface area contributed by atoms with Crippen LogP contribution in [-0.2, 0) is 20.8 Å². The molecule has 112 valence electrons. The Bertz CT molecular complexity index is 554. The van der Waals surface area contributed by atoms with E-state index in [9.17, 15) is 19.2 Å². The van der Waals surface area contributed by atoms with Gasteiger partial charge < -0.3 is 20.3 Å². The molecule has 0 bridgehead atoms. The largest absolute Gasteiger partial charge is 0.480 e. The number of carboxylic acid groups (broad SMARTS) is 1. The van der Waals surface area contributed by atoms with Crippen molar-refractivity contribution in [1.82, 2.24) is 25.5 Å². The van der Waals surface area contributed by atoms with E-state index >= 15 is 0 Å². The standard InChI is InChI=1S/C11H13N5O5/c17-8-3-16(4-9(18)15-8)11(21)14-7(10(19)20)1-6-2-12-5-13-6/h2,5,7H,1,3-4H2,(H,12,13)(H,14,21)(H,19,20)(H,15,17,18). The van der Waals surface area contributed by atoms with Crippen LogP contribution >= 0.6 is 0 Å². The molecule has 1 aliphatic heterocycles. The number of nitrogens with one attached hydrogen (secondary N) is 3. The van der Waals surface area contributed by atoms with Crippen molar-refractivity contribution in [2.75, 3.05) is 13.1 Å². The first kappa shape index (κ1) is 14.5. The van der Waals surface area contributed by atoms with Gasteiger partial charge in [0.05, 0.1) is 6.33 Å². The maximum atomic E-state index is 11.9. The van der Waals surface area contributed by atoms with Crippen molar-refractivity contribution in [3.63, 3.8) is 0 Å². The molecule has 2 heterocycles. The van der Waals surface area contributed by atoms with Crippen LogP contribution in [0.4, 0.5) is 4.79 Å². The highest BCUT2D eigenvalue weighted by molar-refractivity contribution is 6.02. The normalized spacial score (nSPS) is 16.3. The third-order valence-electron chi connectivity index (χ3n) is 2.81. The number of aromatic nitrogens is 2. The zero-order valence-corrected chi connectivity index (χ0v) is 10.8. The molecule has 0 aliphatic carbocycles. The number of aromatic amines is 1. The van der Waals surface area contributed by atoms with Gasteiger partial charge in [0.2, 0.25) is 11.8 Å². The predicted molar refractivity (Wildman–Crippen MR) is 67.0 cm³/mol. The molecule has 1 aliphatic rings. The van der Waals surface area contributed by atoms with Crippen LogP contribution in [0.3, 0.4) is 0 Å². The van der Waals surface area contributed by atoms with Gasteiger partial charge in [-0.1, -0.05) is 0 Å². The second-order valence-corrected chi connectivity index (χ2v) is 4.45. The lowest BCUT2D eigenvalue weighted by molar-refractivity contribution is -0.139. The predicted octanol–water partition coefficient (Wildman–Crippen LogP) is -1.93. The van der Waals surface area contributed by atoms with E-state index in [4.69, 9.17) is 5.11 Å². The second kappa shape index (κ2) is 6.03. The number of amides is 4. The fourth-order valence-electron chi connectivity index (χ4n) is 1.84. The lowest BCUT2D eigenvalue weighted by Crippen LogP contribution is -2.58. The first-order valence-electron chi connectivity index (χ1n) is 6.04. The van der Waals surface area contributed by atoms with Gasteiger partial charge in [-0.25, -0.2) is 14.6 Å². The molecule has 4 N–H and O–H groups in total. The summed E-state index contributed by atoms with van der Waals surface area (Å²) in [6.07, 6.45) is 2.85. The molecule has 10 nitrogen and oxygen atoms in total. The number of hydrogen-bond acceptors (Lipinski definition) is 5. The molecule has 10 heteroatoms. The topological polar surface area (TPSA) is 144 Å². The van der Waals surface area contributed by atoms with Crippen molar-refractivity contribution < 1.29 is 24.3 Å². The monoisotopic (exact) mass is 295 g/mol. The van der Waals surface area contributed by atoms with Crippen LogP contribution in [0.25, 0.3) is 0 Å². The van der Waals surface area contributed by atoms with Gasteiger partial charge in [-0.15, -0.1) is 0 Å². The number of nitrogens with zero attached hydrogens (tertiary/aromatic N) is 2. The van der Waals surface area contributed by atoms with Gasteiger partial charge in [-0.2, -0.15) is 0 Å². The zero-order chi connectivity index (χ0) is 15.4. The smallest absolute Gasteiger partial charge is 0.326 e. The molecule has 1 aromatic heterocycles. The summed E-state index contributed by atoms with van der Waals surface area (Å²) in [5.41, 5.74) is 0.537. The van der Waals surface area contributed by atoms with Crippen molar-refractivity contribution in [1.29, 1.82) is 0 Å². The van der Waals surface area contributed by atoms with Gasteiger partial charge in [0.25, 0.3) is 0 Å². The van der Waals surface area contributed by atoms with Crippen molar-refractivity contribution in [2.45, 2.75) is 12.5 Å². The van der Waals surface area contributed by atoms with Crippen molar-refractivity contribution in [2.24, 2.45) is 0 Å². The highest BCUT2D eigenvalue weighted by Crippen LogP contribution is 2.02.